The van der Waals surface area contributed by atoms with Gasteiger partial charge in [0.2, 0.25) is 0 Å². The van der Waals surface area contributed by atoms with Gasteiger partial charge in [-0.25, -0.2) is 0 Å². The second kappa shape index (κ2) is 6.06. The van der Waals surface area contributed by atoms with Gasteiger partial charge in [0.1, 0.15) is 5.75 Å². The number of hydrogen-bond donors (Lipinski definition) is 1. The molecule has 0 saturated carbocycles. The first-order valence-corrected chi connectivity index (χ1v) is 7.88. The standard InChI is InChI=1S/C15H24N2OS/c1-12-15(11-16,8-5-9-19-12)17(2)13-6-4-7-14(10-13)18-3/h4,6-7,10,12H,5,8-9,11,16H2,1-3H3. The second-order valence-electron chi connectivity index (χ2n) is 5.18. The van der Waals surface area contributed by atoms with E-state index in [-0.39, 0.29) is 5.54 Å². The van der Waals surface area contributed by atoms with Crippen LogP contribution in [0.4, 0.5) is 5.69 Å². The van der Waals surface area contributed by atoms with Gasteiger partial charge < -0.3 is 15.4 Å². The van der Waals surface area contributed by atoms with E-state index in [1.165, 1.54) is 17.9 Å². The van der Waals surface area contributed by atoms with E-state index >= 15 is 0 Å². The van der Waals surface area contributed by atoms with Crippen molar-refractivity contribution < 1.29 is 4.74 Å². The quantitative estimate of drug-likeness (QED) is 0.920. The summed E-state index contributed by atoms with van der Waals surface area (Å²) in [7, 11) is 3.86. The summed E-state index contributed by atoms with van der Waals surface area (Å²) in [5.74, 6) is 2.14. The zero-order valence-electron chi connectivity index (χ0n) is 12.1. The molecule has 0 radical (unpaired) electrons. The number of anilines is 1. The number of methoxy groups -OCH3 is 1. The molecule has 1 heterocycles. The Labute approximate surface area is 120 Å². The Hall–Kier alpha value is -0.870. The van der Waals surface area contributed by atoms with Gasteiger partial charge in [0, 0.05) is 30.6 Å². The van der Waals surface area contributed by atoms with Crippen LogP contribution >= 0.6 is 11.8 Å². The summed E-state index contributed by atoms with van der Waals surface area (Å²) in [6.07, 6.45) is 2.39. The Kier molecular flexibility index (Phi) is 4.63. The molecule has 2 atom stereocenters. The van der Waals surface area contributed by atoms with Gasteiger partial charge in [0.15, 0.2) is 0 Å². The highest BCUT2D eigenvalue weighted by Gasteiger charge is 2.41. The van der Waals surface area contributed by atoms with Gasteiger partial charge >= 0.3 is 0 Å². The van der Waals surface area contributed by atoms with Gasteiger partial charge in [-0.05, 0) is 30.7 Å². The van der Waals surface area contributed by atoms with E-state index in [0.717, 1.165) is 12.2 Å². The van der Waals surface area contributed by atoms with Crippen LogP contribution < -0.4 is 15.4 Å². The number of rotatable bonds is 4. The van der Waals surface area contributed by atoms with Crippen LogP contribution in [0.15, 0.2) is 24.3 Å². The minimum Gasteiger partial charge on any atom is -0.497 e. The highest BCUT2D eigenvalue weighted by Crippen LogP contribution is 2.39. The lowest BCUT2D eigenvalue weighted by Crippen LogP contribution is -2.59. The number of thioether (sulfide) groups is 1. The average molecular weight is 280 g/mol. The molecule has 19 heavy (non-hydrogen) atoms. The number of benzene rings is 1. The van der Waals surface area contributed by atoms with E-state index in [2.05, 4.69) is 31.0 Å². The minimum absolute atomic E-state index is 0.0509. The van der Waals surface area contributed by atoms with Crippen molar-refractivity contribution in [3.63, 3.8) is 0 Å². The fourth-order valence-corrected chi connectivity index (χ4v) is 4.27. The summed E-state index contributed by atoms with van der Waals surface area (Å²) in [6.45, 7) is 2.99. The molecule has 2 unspecified atom stereocenters. The lowest BCUT2D eigenvalue weighted by Gasteiger charge is -2.49. The van der Waals surface area contributed by atoms with Crippen LogP contribution in [0, 0.1) is 0 Å². The summed E-state index contributed by atoms with van der Waals surface area (Å²) < 4.78 is 5.32. The summed E-state index contributed by atoms with van der Waals surface area (Å²) >= 11 is 2.03. The van der Waals surface area contributed by atoms with E-state index in [4.69, 9.17) is 10.5 Å². The molecule has 2 rings (SSSR count). The largest absolute Gasteiger partial charge is 0.497 e. The third-order valence-corrected chi connectivity index (χ3v) is 5.80. The smallest absolute Gasteiger partial charge is 0.120 e. The van der Waals surface area contributed by atoms with E-state index < -0.39 is 0 Å². The monoisotopic (exact) mass is 280 g/mol. The van der Waals surface area contributed by atoms with Crippen molar-refractivity contribution in [2.45, 2.75) is 30.6 Å². The van der Waals surface area contributed by atoms with Gasteiger partial charge in [-0.1, -0.05) is 13.0 Å². The third-order valence-electron chi connectivity index (χ3n) is 4.34. The van der Waals surface area contributed by atoms with Gasteiger partial charge in [-0.15, -0.1) is 0 Å². The molecule has 0 amide bonds. The molecular weight excluding hydrogens is 256 g/mol. The lowest BCUT2D eigenvalue weighted by atomic mass is 9.87. The first-order chi connectivity index (χ1) is 9.14. The van der Waals surface area contributed by atoms with Gasteiger partial charge in [0.05, 0.1) is 12.6 Å². The van der Waals surface area contributed by atoms with Crippen LogP contribution in [0.5, 0.6) is 5.75 Å². The summed E-state index contributed by atoms with van der Waals surface area (Å²) in [5.41, 5.74) is 7.38. The molecule has 1 saturated heterocycles. The van der Waals surface area contributed by atoms with Crippen LogP contribution in [0.25, 0.3) is 0 Å². The number of nitrogens with zero attached hydrogens (tertiary/aromatic N) is 1. The normalized spacial score (nSPS) is 27.1. The van der Waals surface area contributed by atoms with Crippen LogP contribution in [-0.4, -0.2) is 37.2 Å². The Morgan fingerprint density at radius 1 is 1.53 bits per heavy atom. The van der Waals surface area contributed by atoms with Crippen molar-refractivity contribution in [2.24, 2.45) is 5.73 Å². The van der Waals surface area contributed by atoms with Crippen molar-refractivity contribution in [3.05, 3.63) is 24.3 Å². The maximum absolute atomic E-state index is 6.15. The molecule has 1 aliphatic heterocycles. The maximum Gasteiger partial charge on any atom is 0.120 e. The van der Waals surface area contributed by atoms with Gasteiger partial charge in [-0.3, -0.25) is 0 Å². The van der Waals surface area contributed by atoms with Crippen LogP contribution in [-0.2, 0) is 0 Å². The number of likely N-dealkylation sites (N-methyl/N-ethyl adjacent to an activating group) is 1. The fourth-order valence-electron chi connectivity index (χ4n) is 2.92. The molecule has 1 fully saturated rings. The second-order valence-corrected chi connectivity index (χ2v) is 6.63. The highest BCUT2D eigenvalue weighted by molar-refractivity contribution is 8.00. The molecule has 0 aliphatic carbocycles. The number of nitrogens with two attached hydrogens (primary N) is 1. The van der Waals surface area contributed by atoms with Crippen molar-refractivity contribution in [3.8, 4) is 5.75 Å². The number of hydrogen-bond acceptors (Lipinski definition) is 4. The molecule has 1 aromatic carbocycles. The van der Waals surface area contributed by atoms with E-state index in [1.807, 2.05) is 23.9 Å². The van der Waals surface area contributed by atoms with Gasteiger partial charge in [-0.2, -0.15) is 11.8 Å². The molecule has 4 heteroatoms. The van der Waals surface area contributed by atoms with Crippen LogP contribution in [0.3, 0.4) is 0 Å². The predicted molar refractivity (Wildman–Crippen MR) is 84.3 cm³/mol. The SMILES string of the molecule is COc1cccc(N(C)C2(CN)CCCSC2C)c1. The fraction of sp³-hybridized carbons (Fsp3) is 0.600. The Morgan fingerprint density at radius 2 is 2.32 bits per heavy atom. The van der Waals surface area contributed by atoms with Crippen molar-refractivity contribution in [1.29, 1.82) is 0 Å². The predicted octanol–water partition coefficient (Wildman–Crippen LogP) is 2.74. The molecular formula is C15H24N2OS. The maximum atomic E-state index is 6.15. The van der Waals surface area contributed by atoms with E-state index in [9.17, 15) is 0 Å². The molecule has 3 nitrogen and oxygen atoms in total. The zero-order chi connectivity index (χ0) is 13.9. The minimum atomic E-state index is 0.0509. The Morgan fingerprint density at radius 3 is 2.95 bits per heavy atom. The molecule has 0 bridgehead atoms. The summed E-state index contributed by atoms with van der Waals surface area (Å²) in [4.78, 5) is 2.35. The number of ether oxygens (including phenoxy) is 1. The molecule has 0 spiro atoms. The zero-order valence-corrected chi connectivity index (χ0v) is 12.9. The molecule has 106 valence electrons. The Balaban J connectivity index is 2.31. The van der Waals surface area contributed by atoms with Gasteiger partial charge in [0.25, 0.3) is 0 Å². The molecule has 1 aliphatic rings. The lowest BCUT2D eigenvalue weighted by molar-refractivity contribution is 0.366. The average Bonchev–Trinajstić information content (AvgIpc) is 2.47. The first kappa shape index (κ1) is 14.5. The van der Waals surface area contributed by atoms with E-state index in [0.29, 0.717) is 11.8 Å². The van der Waals surface area contributed by atoms with Crippen molar-refractivity contribution >= 4 is 17.4 Å². The summed E-state index contributed by atoms with van der Waals surface area (Å²) in [6, 6.07) is 8.23. The van der Waals surface area contributed by atoms with Crippen molar-refractivity contribution in [1.82, 2.24) is 0 Å². The summed E-state index contributed by atoms with van der Waals surface area (Å²) in [5, 5.41) is 0.544. The Bertz CT molecular complexity index is 426. The molecule has 0 aromatic heterocycles. The first-order valence-electron chi connectivity index (χ1n) is 6.83. The van der Waals surface area contributed by atoms with E-state index in [1.54, 1.807) is 7.11 Å². The van der Waals surface area contributed by atoms with Crippen LogP contribution in [0.1, 0.15) is 19.8 Å². The topological polar surface area (TPSA) is 38.5 Å². The third kappa shape index (κ3) is 2.70. The van der Waals surface area contributed by atoms with Crippen LogP contribution in [0.2, 0.25) is 0 Å². The highest BCUT2D eigenvalue weighted by atomic mass is 32.2. The van der Waals surface area contributed by atoms with Crippen molar-refractivity contribution in [2.75, 3.05) is 31.4 Å². The molecule has 2 N–H and O–H groups in total. The molecule has 1 aromatic rings.